The van der Waals surface area contributed by atoms with Gasteiger partial charge in [-0.1, -0.05) is 6.07 Å². The Hall–Kier alpha value is -1.06. The molecule has 0 bridgehead atoms. The van der Waals surface area contributed by atoms with Gasteiger partial charge in [0, 0.05) is 18.6 Å². The molecule has 0 radical (unpaired) electrons. The SMILES string of the molecule is COc1ccc2c(c1)CCCC2NCC(C)N(C)C. The molecule has 2 unspecified atom stereocenters. The van der Waals surface area contributed by atoms with Gasteiger partial charge in [-0.2, -0.15) is 0 Å². The van der Waals surface area contributed by atoms with Crippen LogP contribution in [0.25, 0.3) is 0 Å². The van der Waals surface area contributed by atoms with Gasteiger partial charge in [-0.15, -0.1) is 0 Å². The Kier molecular flexibility index (Phi) is 4.83. The Morgan fingerprint density at radius 3 is 2.89 bits per heavy atom. The van der Waals surface area contributed by atoms with E-state index in [-0.39, 0.29) is 0 Å². The average Bonchev–Trinajstić information content (AvgIpc) is 2.43. The number of hydrogen-bond donors (Lipinski definition) is 1. The van der Waals surface area contributed by atoms with E-state index >= 15 is 0 Å². The molecule has 0 saturated carbocycles. The Labute approximate surface area is 116 Å². The molecule has 1 aromatic rings. The molecule has 0 spiro atoms. The highest BCUT2D eigenvalue weighted by molar-refractivity contribution is 5.39. The molecule has 19 heavy (non-hydrogen) atoms. The summed E-state index contributed by atoms with van der Waals surface area (Å²) in [5.74, 6) is 0.973. The van der Waals surface area contributed by atoms with Crippen molar-refractivity contribution in [2.75, 3.05) is 27.7 Å². The van der Waals surface area contributed by atoms with Gasteiger partial charge in [0.2, 0.25) is 0 Å². The van der Waals surface area contributed by atoms with Crippen LogP contribution in [-0.2, 0) is 6.42 Å². The van der Waals surface area contributed by atoms with E-state index in [1.807, 2.05) is 0 Å². The first-order chi connectivity index (χ1) is 9.11. The number of aryl methyl sites for hydroxylation is 1. The largest absolute Gasteiger partial charge is 0.497 e. The van der Waals surface area contributed by atoms with Gasteiger partial charge in [-0.25, -0.2) is 0 Å². The van der Waals surface area contributed by atoms with Crippen molar-refractivity contribution in [2.45, 2.75) is 38.3 Å². The molecule has 3 nitrogen and oxygen atoms in total. The van der Waals surface area contributed by atoms with E-state index in [0.717, 1.165) is 12.3 Å². The van der Waals surface area contributed by atoms with Crippen molar-refractivity contribution in [3.05, 3.63) is 29.3 Å². The molecule has 106 valence electrons. The highest BCUT2D eigenvalue weighted by Gasteiger charge is 2.20. The molecule has 1 aliphatic rings. The van der Waals surface area contributed by atoms with Crippen LogP contribution in [-0.4, -0.2) is 38.7 Å². The lowest BCUT2D eigenvalue weighted by Gasteiger charge is -2.29. The van der Waals surface area contributed by atoms with Crippen molar-refractivity contribution < 1.29 is 4.74 Å². The fourth-order valence-electron chi connectivity index (χ4n) is 2.63. The Morgan fingerprint density at radius 1 is 1.42 bits per heavy atom. The van der Waals surface area contributed by atoms with E-state index in [1.165, 1.54) is 30.4 Å². The molecular weight excluding hydrogens is 236 g/mol. The second-order valence-electron chi connectivity index (χ2n) is 5.73. The molecule has 0 heterocycles. The minimum Gasteiger partial charge on any atom is -0.497 e. The second-order valence-corrected chi connectivity index (χ2v) is 5.73. The van der Waals surface area contributed by atoms with Gasteiger partial charge in [0.1, 0.15) is 5.75 Å². The summed E-state index contributed by atoms with van der Waals surface area (Å²) in [5.41, 5.74) is 2.90. The standard InChI is InChI=1S/C16H26N2O/c1-12(18(2)3)11-17-16-7-5-6-13-10-14(19-4)8-9-15(13)16/h8-10,12,16-17H,5-7,11H2,1-4H3. The predicted octanol–water partition coefficient (Wildman–Crippen LogP) is 2.61. The molecule has 0 fully saturated rings. The lowest BCUT2D eigenvalue weighted by molar-refractivity contribution is 0.288. The number of nitrogens with zero attached hydrogens (tertiary/aromatic N) is 1. The van der Waals surface area contributed by atoms with E-state index in [4.69, 9.17) is 4.74 Å². The zero-order valence-electron chi connectivity index (χ0n) is 12.6. The number of ether oxygens (including phenoxy) is 1. The summed E-state index contributed by atoms with van der Waals surface area (Å²) < 4.78 is 5.32. The molecule has 2 rings (SSSR count). The molecule has 1 N–H and O–H groups in total. The van der Waals surface area contributed by atoms with Crippen LogP contribution < -0.4 is 10.1 Å². The first kappa shape index (κ1) is 14.4. The van der Waals surface area contributed by atoms with Gasteiger partial charge < -0.3 is 15.0 Å². The maximum Gasteiger partial charge on any atom is 0.119 e. The van der Waals surface area contributed by atoms with Crippen LogP contribution in [0.2, 0.25) is 0 Å². The molecule has 1 aliphatic carbocycles. The van der Waals surface area contributed by atoms with Crippen molar-refractivity contribution in [1.29, 1.82) is 0 Å². The third-order valence-corrected chi connectivity index (χ3v) is 4.21. The Bertz CT molecular complexity index is 417. The van der Waals surface area contributed by atoms with Gasteiger partial charge in [0.15, 0.2) is 0 Å². The summed E-state index contributed by atoms with van der Waals surface area (Å²) in [6.45, 7) is 3.29. The third-order valence-electron chi connectivity index (χ3n) is 4.21. The minimum atomic E-state index is 0.497. The first-order valence-corrected chi connectivity index (χ1v) is 7.18. The van der Waals surface area contributed by atoms with Crippen LogP contribution in [0.3, 0.4) is 0 Å². The molecule has 2 atom stereocenters. The number of rotatable bonds is 5. The monoisotopic (exact) mass is 262 g/mol. The van der Waals surface area contributed by atoms with Gasteiger partial charge in [-0.05, 0) is 63.5 Å². The fraction of sp³-hybridized carbons (Fsp3) is 0.625. The van der Waals surface area contributed by atoms with E-state index < -0.39 is 0 Å². The number of benzene rings is 1. The summed E-state index contributed by atoms with van der Waals surface area (Å²) in [6, 6.07) is 7.55. The molecule has 0 amide bonds. The van der Waals surface area contributed by atoms with E-state index in [9.17, 15) is 0 Å². The van der Waals surface area contributed by atoms with Crippen LogP contribution in [0.15, 0.2) is 18.2 Å². The lowest BCUT2D eigenvalue weighted by Crippen LogP contribution is -2.38. The van der Waals surface area contributed by atoms with Crippen LogP contribution in [0, 0.1) is 0 Å². The van der Waals surface area contributed by atoms with Gasteiger partial charge in [0.05, 0.1) is 7.11 Å². The van der Waals surface area contributed by atoms with Crippen molar-refractivity contribution >= 4 is 0 Å². The zero-order valence-corrected chi connectivity index (χ0v) is 12.6. The van der Waals surface area contributed by atoms with Crippen LogP contribution in [0.1, 0.15) is 36.9 Å². The number of hydrogen-bond acceptors (Lipinski definition) is 3. The van der Waals surface area contributed by atoms with Gasteiger partial charge >= 0.3 is 0 Å². The summed E-state index contributed by atoms with van der Waals surface area (Å²) >= 11 is 0. The van der Waals surface area contributed by atoms with E-state index in [2.05, 4.69) is 49.4 Å². The normalized spacial score (nSPS) is 20.2. The molecular formula is C16H26N2O. The van der Waals surface area contributed by atoms with Crippen molar-refractivity contribution in [2.24, 2.45) is 0 Å². The lowest BCUT2D eigenvalue weighted by atomic mass is 9.87. The number of nitrogens with one attached hydrogen (secondary N) is 1. The average molecular weight is 262 g/mol. The molecule has 3 heteroatoms. The molecule has 0 saturated heterocycles. The van der Waals surface area contributed by atoms with E-state index in [0.29, 0.717) is 12.1 Å². The van der Waals surface area contributed by atoms with Crippen LogP contribution in [0.5, 0.6) is 5.75 Å². The van der Waals surface area contributed by atoms with Gasteiger partial charge in [0.25, 0.3) is 0 Å². The molecule has 0 aliphatic heterocycles. The van der Waals surface area contributed by atoms with Crippen molar-refractivity contribution in [3.8, 4) is 5.75 Å². The maximum atomic E-state index is 5.32. The van der Waals surface area contributed by atoms with Crippen LogP contribution in [0.4, 0.5) is 0 Å². The summed E-state index contributed by atoms with van der Waals surface area (Å²) in [6.07, 6.45) is 3.67. The number of fused-ring (bicyclic) bond motifs is 1. The molecule has 1 aromatic carbocycles. The van der Waals surface area contributed by atoms with E-state index in [1.54, 1.807) is 7.11 Å². The highest BCUT2D eigenvalue weighted by Crippen LogP contribution is 2.32. The Morgan fingerprint density at radius 2 is 2.21 bits per heavy atom. The minimum absolute atomic E-state index is 0.497. The molecule has 0 aromatic heterocycles. The Balaban J connectivity index is 2.05. The highest BCUT2D eigenvalue weighted by atomic mass is 16.5. The predicted molar refractivity (Wildman–Crippen MR) is 79.8 cm³/mol. The summed E-state index contributed by atoms with van der Waals surface area (Å²) in [5, 5.41) is 3.71. The number of methoxy groups -OCH3 is 1. The van der Waals surface area contributed by atoms with Crippen molar-refractivity contribution in [3.63, 3.8) is 0 Å². The topological polar surface area (TPSA) is 24.5 Å². The first-order valence-electron chi connectivity index (χ1n) is 7.18. The third kappa shape index (κ3) is 3.48. The fourth-order valence-corrected chi connectivity index (χ4v) is 2.63. The smallest absolute Gasteiger partial charge is 0.119 e. The zero-order chi connectivity index (χ0) is 13.8. The maximum absolute atomic E-state index is 5.32. The quantitative estimate of drug-likeness (QED) is 0.883. The second kappa shape index (κ2) is 6.40. The summed E-state index contributed by atoms with van der Waals surface area (Å²) in [7, 11) is 6.00. The van der Waals surface area contributed by atoms with Crippen molar-refractivity contribution in [1.82, 2.24) is 10.2 Å². The number of likely N-dealkylation sites (N-methyl/N-ethyl adjacent to an activating group) is 1. The van der Waals surface area contributed by atoms with Crippen LogP contribution >= 0.6 is 0 Å². The summed E-state index contributed by atoms with van der Waals surface area (Å²) in [4.78, 5) is 2.25. The van der Waals surface area contributed by atoms with Gasteiger partial charge in [-0.3, -0.25) is 0 Å².